The average molecular weight is 851 g/mol. The van der Waals surface area contributed by atoms with E-state index in [4.69, 9.17) is 14.5 Å². The number of hydrogen-bond donors (Lipinski definition) is 0. The minimum Gasteiger partial charge on any atom is -0.503 e. The molecule has 0 bridgehead atoms. The van der Waals surface area contributed by atoms with Crippen LogP contribution in [-0.2, 0) is 32.9 Å². The van der Waals surface area contributed by atoms with E-state index in [0.717, 1.165) is 63.8 Å². The Morgan fingerprint density at radius 2 is 1.40 bits per heavy atom. The van der Waals surface area contributed by atoms with E-state index in [0.29, 0.717) is 0 Å². The minimum absolute atomic E-state index is 0. The summed E-state index contributed by atoms with van der Waals surface area (Å²) < 4.78 is 12.8. The zero-order chi connectivity index (χ0) is 34.3. The Morgan fingerprint density at radius 3 is 2.17 bits per heavy atom. The van der Waals surface area contributed by atoms with Crippen LogP contribution in [0.15, 0.2) is 128 Å². The molecule has 0 saturated carbocycles. The van der Waals surface area contributed by atoms with Crippen LogP contribution in [0.4, 0.5) is 0 Å². The molecule has 255 valence electrons. The molecule has 52 heavy (non-hydrogen) atoms. The number of pyridine rings is 2. The van der Waals surface area contributed by atoms with Gasteiger partial charge in [0.2, 0.25) is 6.71 Å². The summed E-state index contributed by atoms with van der Waals surface area (Å²) in [6, 6.07) is 48.4. The first-order valence-electron chi connectivity index (χ1n) is 17.7. The van der Waals surface area contributed by atoms with Crippen LogP contribution in [0.5, 0.6) is 23.0 Å². The van der Waals surface area contributed by atoms with Crippen molar-refractivity contribution in [3.8, 4) is 56.6 Å². The second-order valence-corrected chi connectivity index (χ2v) is 13.5. The third-order valence-corrected chi connectivity index (χ3v) is 10.1. The maximum absolute atomic E-state index is 6.52. The summed E-state index contributed by atoms with van der Waals surface area (Å²) in [5, 5.41) is 0. The predicted octanol–water partition coefficient (Wildman–Crippen LogP) is 8.99. The molecular formula is C46H35BIrN2O2-2. The number of nitrogens with zero attached hydrogens (tertiary/aromatic N) is 2. The summed E-state index contributed by atoms with van der Waals surface area (Å²) in [6.45, 7) is 4.24. The van der Waals surface area contributed by atoms with Gasteiger partial charge in [0, 0.05) is 43.5 Å². The van der Waals surface area contributed by atoms with Crippen LogP contribution >= 0.6 is 0 Å². The van der Waals surface area contributed by atoms with Crippen molar-refractivity contribution in [2.24, 2.45) is 0 Å². The summed E-state index contributed by atoms with van der Waals surface area (Å²) in [6.07, 6.45) is 6.57. The number of benzene rings is 5. The van der Waals surface area contributed by atoms with E-state index in [1.54, 1.807) is 0 Å². The SMILES string of the molecule is Cc1c[c-]c(-c2cc(-c3ccccc3)c(C)cn2)cc1.[Ir].[c-]1cc2c3c(c1-c1ccc4c(n1)CCCC4)Oc1ccccc1B3c1ccccc1O2. The van der Waals surface area contributed by atoms with Crippen LogP contribution in [0.25, 0.3) is 33.6 Å². The Morgan fingerprint density at radius 1 is 0.673 bits per heavy atom. The van der Waals surface area contributed by atoms with Crippen LogP contribution in [0.3, 0.4) is 0 Å². The van der Waals surface area contributed by atoms with Crippen molar-refractivity contribution in [1.29, 1.82) is 0 Å². The van der Waals surface area contributed by atoms with Gasteiger partial charge in [0.1, 0.15) is 11.5 Å². The van der Waals surface area contributed by atoms with Gasteiger partial charge in [0.25, 0.3) is 0 Å². The molecule has 2 aromatic heterocycles. The van der Waals surface area contributed by atoms with Crippen molar-refractivity contribution in [3.05, 3.63) is 162 Å². The van der Waals surface area contributed by atoms with E-state index in [1.807, 2.05) is 48.7 Å². The molecule has 4 heterocycles. The van der Waals surface area contributed by atoms with Gasteiger partial charge < -0.3 is 19.4 Å². The summed E-state index contributed by atoms with van der Waals surface area (Å²) >= 11 is 0. The summed E-state index contributed by atoms with van der Waals surface area (Å²) in [4.78, 5) is 9.57. The molecule has 0 atom stereocenters. The minimum atomic E-state index is 0. The standard InChI is InChI=1S/C27H19BNO2.C19H16N.Ir/c1-4-10-21-17(7-1)13-15-22(29-21)18-14-16-25-26-27(18)31-24-12-6-3-9-20(24)28(26)19-8-2-5-11-23(19)30-25;1-14-8-10-17(11-9-14)19-12-18(15(2)13-20-19)16-6-4-3-5-7-16;/h2-3,5-6,8-9,11-13,15-16H,1,4,7,10H2;3-10,12-13H,1-2H3;/q2*-1;. The monoisotopic (exact) mass is 851 g/mol. The van der Waals surface area contributed by atoms with Crippen LogP contribution in [-0.4, -0.2) is 16.7 Å². The molecule has 10 rings (SSSR count). The third-order valence-electron chi connectivity index (χ3n) is 10.1. The molecule has 5 aromatic carbocycles. The van der Waals surface area contributed by atoms with E-state index in [9.17, 15) is 0 Å². The molecule has 2 aliphatic heterocycles. The maximum atomic E-state index is 6.52. The molecule has 0 fully saturated rings. The molecule has 1 aliphatic carbocycles. The van der Waals surface area contributed by atoms with Crippen molar-refractivity contribution < 1.29 is 29.6 Å². The fraction of sp³-hybridized carbons (Fsp3) is 0.130. The van der Waals surface area contributed by atoms with Gasteiger partial charge in [0.15, 0.2) is 0 Å². The smallest absolute Gasteiger partial charge is 0.239 e. The van der Waals surface area contributed by atoms with Gasteiger partial charge in [-0.05, 0) is 89.3 Å². The number of fused-ring (bicyclic) bond motifs is 5. The number of aryl methyl sites for hydroxylation is 4. The number of hydrogen-bond acceptors (Lipinski definition) is 4. The van der Waals surface area contributed by atoms with E-state index >= 15 is 0 Å². The van der Waals surface area contributed by atoms with Gasteiger partial charge >= 0.3 is 0 Å². The second kappa shape index (κ2) is 14.4. The van der Waals surface area contributed by atoms with E-state index in [-0.39, 0.29) is 26.8 Å². The van der Waals surface area contributed by atoms with Gasteiger partial charge in [-0.15, -0.1) is 47.5 Å². The number of ether oxygens (including phenoxy) is 2. The molecule has 1 radical (unpaired) electrons. The molecular weight excluding hydrogens is 816 g/mol. The predicted molar refractivity (Wildman–Crippen MR) is 206 cm³/mol. The summed E-state index contributed by atoms with van der Waals surface area (Å²) in [5.74, 6) is 3.42. The fourth-order valence-electron chi connectivity index (χ4n) is 7.50. The number of aromatic nitrogens is 2. The first kappa shape index (κ1) is 33.8. The van der Waals surface area contributed by atoms with E-state index < -0.39 is 0 Å². The Labute approximate surface area is 319 Å². The summed E-state index contributed by atoms with van der Waals surface area (Å²) in [5.41, 5.74) is 14.7. The first-order chi connectivity index (χ1) is 25.1. The molecule has 4 nitrogen and oxygen atoms in total. The molecule has 6 heteroatoms. The van der Waals surface area contributed by atoms with Crippen LogP contribution in [0.1, 0.15) is 35.2 Å². The normalized spacial score (nSPS) is 13.0. The van der Waals surface area contributed by atoms with E-state index in [2.05, 4.69) is 110 Å². The van der Waals surface area contributed by atoms with Crippen LogP contribution < -0.4 is 25.9 Å². The molecule has 0 N–H and O–H groups in total. The largest absolute Gasteiger partial charge is 0.503 e. The summed E-state index contributed by atoms with van der Waals surface area (Å²) in [7, 11) is 0. The van der Waals surface area contributed by atoms with Crippen molar-refractivity contribution in [2.75, 3.05) is 0 Å². The average Bonchev–Trinajstić information content (AvgIpc) is 3.19. The molecule has 0 saturated heterocycles. The first-order valence-corrected chi connectivity index (χ1v) is 17.7. The van der Waals surface area contributed by atoms with Gasteiger partial charge in [-0.1, -0.05) is 103 Å². The number of rotatable bonds is 3. The van der Waals surface area contributed by atoms with Gasteiger partial charge in [-0.2, -0.15) is 0 Å². The van der Waals surface area contributed by atoms with Crippen LogP contribution in [0, 0.1) is 26.0 Å². The van der Waals surface area contributed by atoms with Crippen LogP contribution in [0.2, 0.25) is 0 Å². The van der Waals surface area contributed by atoms with Gasteiger partial charge in [-0.3, -0.25) is 0 Å². The van der Waals surface area contributed by atoms with Crippen molar-refractivity contribution in [1.82, 2.24) is 9.97 Å². The molecule has 0 spiro atoms. The fourth-order valence-corrected chi connectivity index (χ4v) is 7.50. The Bertz CT molecular complexity index is 2400. The zero-order valence-electron chi connectivity index (χ0n) is 29.1. The molecule has 0 unspecified atom stereocenters. The Balaban J connectivity index is 0.000000161. The quantitative estimate of drug-likeness (QED) is 0.132. The molecule has 7 aromatic rings. The topological polar surface area (TPSA) is 44.2 Å². The Hall–Kier alpha value is -5.29. The van der Waals surface area contributed by atoms with Gasteiger partial charge in [-0.25, -0.2) is 0 Å². The molecule has 3 aliphatic rings. The van der Waals surface area contributed by atoms with Crippen molar-refractivity contribution in [2.45, 2.75) is 39.5 Å². The van der Waals surface area contributed by atoms with E-state index in [1.165, 1.54) is 57.3 Å². The van der Waals surface area contributed by atoms with Crippen molar-refractivity contribution >= 4 is 23.1 Å². The number of para-hydroxylation sites is 2. The zero-order valence-corrected chi connectivity index (χ0v) is 31.5. The molecule has 0 amide bonds. The third kappa shape index (κ3) is 6.27. The van der Waals surface area contributed by atoms with Crippen molar-refractivity contribution in [3.63, 3.8) is 0 Å². The Kier molecular flexibility index (Phi) is 9.36. The maximum Gasteiger partial charge on any atom is 0.239 e. The second-order valence-electron chi connectivity index (χ2n) is 13.5. The van der Waals surface area contributed by atoms with Gasteiger partial charge in [0.05, 0.1) is 0 Å².